The Bertz CT molecular complexity index is 305. The molecule has 0 N–H and O–H groups in total. The summed E-state index contributed by atoms with van der Waals surface area (Å²) < 4.78 is 1.94. The summed E-state index contributed by atoms with van der Waals surface area (Å²) in [6.45, 7) is 3.91. The lowest BCUT2D eigenvalue weighted by Crippen LogP contribution is -2.36. The fourth-order valence-electron chi connectivity index (χ4n) is 1.45. The highest BCUT2D eigenvalue weighted by Crippen LogP contribution is 2.10. The number of nitrogens with zero attached hydrogens (tertiary/aromatic N) is 3. The summed E-state index contributed by atoms with van der Waals surface area (Å²) >= 11 is 0. The topological polar surface area (TPSA) is 38.1 Å². The zero-order valence-corrected chi connectivity index (χ0v) is 7.03. The van der Waals surface area contributed by atoms with Crippen molar-refractivity contribution in [1.82, 2.24) is 14.7 Å². The van der Waals surface area contributed by atoms with Crippen molar-refractivity contribution in [3.05, 3.63) is 18.0 Å². The van der Waals surface area contributed by atoms with Gasteiger partial charge in [0.2, 0.25) is 5.91 Å². The van der Waals surface area contributed by atoms with Crippen LogP contribution in [0.2, 0.25) is 0 Å². The highest BCUT2D eigenvalue weighted by atomic mass is 16.2. The molecule has 0 radical (unpaired) electrons. The third kappa shape index (κ3) is 1.09. The Kier molecular flexibility index (Phi) is 1.60. The van der Waals surface area contributed by atoms with Gasteiger partial charge in [-0.05, 0) is 6.07 Å². The molecule has 0 saturated heterocycles. The standard InChI is InChI=1S/C8H11N3O/c1-7(12)10-4-5-11-8(6-10)2-3-9-11/h2-3H,4-6H2,1H3. The maximum absolute atomic E-state index is 11.0. The van der Waals surface area contributed by atoms with E-state index in [2.05, 4.69) is 5.10 Å². The third-order valence-electron chi connectivity index (χ3n) is 2.18. The van der Waals surface area contributed by atoms with Gasteiger partial charge in [0, 0.05) is 19.7 Å². The van der Waals surface area contributed by atoms with Crippen LogP contribution in [0.25, 0.3) is 0 Å². The van der Waals surface area contributed by atoms with E-state index in [9.17, 15) is 4.79 Å². The first kappa shape index (κ1) is 7.34. The van der Waals surface area contributed by atoms with Gasteiger partial charge in [0.1, 0.15) is 0 Å². The van der Waals surface area contributed by atoms with Crippen LogP contribution in [0.15, 0.2) is 12.3 Å². The number of amides is 1. The van der Waals surface area contributed by atoms with Crippen molar-refractivity contribution in [3.8, 4) is 0 Å². The second kappa shape index (κ2) is 2.62. The first-order chi connectivity index (χ1) is 5.77. The van der Waals surface area contributed by atoms with E-state index < -0.39 is 0 Å². The van der Waals surface area contributed by atoms with E-state index in [0.29, 0.717) is 6.54 Å². The maximum atomic E-state index is 11.0. The van der Waals surface area contributed by atoms with Crippen LogP contribution in [-0.4, -0.2) is 27.1 Å². The molecule has 2 heterocycles. The van der Waals surface area contributed by atoms with Crippen molar-refractivity contribution in [2.75, 3.05) is 6.54 Å². The van der Waals surface area contributed by atoms with E-state index in [1.807, 2.05) is 15.6 Å². The molecular formula is C8H11N3O. The van der Waals surface area contributed by atoms with E-state index in [4.69, 9.17) is 0 Å². The lowest BCUT2D eigenvalue weighted by molar-refractivity contribution is -0.130. The monoisotopic (exact) mass is 165 g/mol. The average molecular weight is 165 g/mol. The van der Waals surface area contributed by atoms with Crippen LogP contribution in [0.1, 0.15) is 12.6 Å². The molecule has 1 aromatic rings. The molecule has 12 heavy (non-hydrogen) atoms. The van der Waals surface area contributed by atoms with Crippen LogP contribution in [-0.2, 0) is 17.9 Å². The summed E-state index contributed by atoms with van der Waals surface area (Å²) in [6.07, 6.45) is 1.78. The number of rotatable bonds is 0. The Morgan fingerprint density at radius 1 is 1.58 bits per heavy atom. The first-order valence-corrected chi connectivity index (χ1v) is 4.03. The van der Waals surface area contributed by atoms with Gasteiger partial charge in [0.25, 0.3) is 0 Å². The van der Waals surface area contributed by atoms with Gasteiger partial charge >= 0.3 is 0 Å². The van der Waals surface area contributed by atoms with E-state index in [1.54, 1.807) is 13.1 Å². The van der Waals surface area contributed by atoms with E-state index in [0.717, 1.165) is 18.8 Å². The first-order valence-electron chi connectivity index (χ1n) is 4.03. The van der Waals surface area contributed by atoms with Gasteiger partial charge in [-0.25, -0.2) is 0 Å². The molecule has 1 aliphatic heterocycles. The average Bonchev–Trinajstić information content (AvgIpc) is 2.49. The van der Waals surface area contributed by atoms with Crippen molar-refractivity contribution in [3.63, 3.8) is 0 Å². The molecule has 0 aromatic carbocycles. The molecule has 1 aliphatic rings. The number of hydrogen-bond donors (Lipinski definition) is 0. The molecular weight excluding hydrogens is 154 g/mol. The lowest BCUT2D eigenvalue weighted by atomic mass is 10.3. The zero-order valence-electron chi connectivity index (χ0n) is 7.03. The number of carbonyl (C=O) groups excluding carboxylic acids is 1. The summed E-state index contributed by atoms with van der Waals surface area (Å²) in [5, 5.41) is 4.13. The number of hydrogen-bond acceptors (Lipinski definition) is 2. The predicted molar refractivity (Wildman–Crippen MR) is 43.3 cm³/mol. The fraction of sp³-hybridized carbons (Fsp3) is 0.500. The summed E-state index contributed by atoms with van der Waals surface area (Å²) in [5.41, 5.74) is 1.12. The quantitative estimate of drug-likeness (QED) is 0.552. The molecule has 0 unspecified atom stereocenters. The van der Waals surface area contributed by atoms with Crippen molar-refractivity contribution in [2.24, 2.45) is 0 Å². The third-order valence-corrected chi connectivity index (χ3v) is 2.18. The molecule has 2 rings (SSSR count). The van der Waals surface area contributed by atoms with Crippen LogP contribution in [0, 0.1) is 0 Å². The second-order valence-electron chi connectivity index (χ2n) is 2.99. The molecule has 4 nitrogen and oxygen atoms in total. The van der Waals surface area contributed by atoms with Gasteiger partial charge in [0.15, 0.2) is 0 Å². The van der Waals surface area contributed by atoms with Gasteiger partial charge < -0.3 is 4.90 Å². The summed E-state index contributed by atoms with van der Waals surface area (Å²) in [4.78, 5) is 12.9. The largest absolute Gasteiger partial charge is 0.335 e. The van der Waals surface area contributed by atoms with Crippen LogP contribution >= 0.6 is 0 Å². The van der Waals surface area contributed by atoms with Gasteiger partial charge in [-0.2, -0.15) is 5.10 Å². The molecule has 0 aliphatic carbocycles. The Morgan fingerprint density at radius 3 is 3.17 bits per heavy atom. The molecule has 0 spiro atoms. The molecule has 1 aromatic heterocycles. The van der Waals surface area contributed by atoms with E-state index >= 15 is 0 Å². The summed E-state index contributed by atoms with van der Waals surface area (Å²) in [5.74, 6) is 0.141. The van der Waals surface area contributed by atoms with Gasteiger partial charge in [-0.15, -0.1) is 0 Å². The molecule has 0 atom stereocenters. The van der Waals surface area contributed by atoms with Crippen LogP contribution in [0.5, 0.6) is 0 Å². The predicted octanol–water partition coefficient (Wildman–Crippen LogP) is 0.245. The minimum Gasteiger partial charge on any atom is -0.335 e. The molecule has 0 bridgehead atoms. The van der Waals surface area contributed by atoms with Crippen molar-refractivity contribution < 1.29 is 4.79 Å². The Morgan fingerprint density at radius 2 is 2.42 bits per heavy atom. The van der Waals surface area contributed by atoms with E-state index in [1.165, 1.54) is 0 Å². The molecule has 64 valence electrons. The van der Waals surface area contributed by atoms with Gasteiger partial charge in [-0.1, -0.05) is 0 Å². The molecule has 4 heteroatoms. The smallest absolute Gasteiger partial charge is 0.219 e. The minimum atomic E-state index is 0.141. The Balaban J connectivity index is 2.20. The number of fused-ring (bicyclic) bond motifs is 1. The second-order valence-corrected chi connectivity index (χ2v) is 2.99. The number of carbonyl (C=O) groups is 1. The number of aromatic nitrogens is 2. The molecule has 1 amide bonds. The zero-order chi connectivity index (χ0) is 8.55. The van der Waals surface area contributed by atoms with Crippen LogP contribution in [0.3, 0.4) is 0 Å². The minimum absolute atomic E-state index is 0.141. The van der Waals surface area contributed by atoms with Gasteiger partial charge in [-0.3, -0.25) is 9.48 Å². The normalized spacial score (nSPS) is 15.9. The van der Waals surface area contributed by atoms with Gasteiger partial charge in [0.05, 0.1) is 18.8 Å². The lowest BCUT2D eigenvalue weighted by Gasteiger charge is -2.26. The van der Waals surface area contributed by atoms with Crippen LogP contribution < -0.4 is 0 Å². The molecule has 0 saturated carbocycles. The Hall–Kier alpha value is -1.32. The fourth-order valence-corrected chi connectivity index (χ4v) is 1.45. The van der Waals surface area contributed by atoms with Crippen molar-refractivity contribution in [2.45, 2.75) is 20.0 Å². The summed E-state index contributed by atoms with van der Waals surface area (Å²) in [7, 11) is 0. The molecule has 0 fully saturated rings. The SMILES string of the molecule is CC(=O)N1CCn2nccc2C1. The van der Waals surface area contributed by atoms with E-state index in [-0.39, 0.29) is 5.91 Å². The maximum Gasteiger partial charge on any atom is 0.219 e. The van der Waals surface area contributed by atoms with Crippen molar-refractivity contribution in [1.29, 1.82) is 0 Å². The van der Waals surface area contributed by atoms with Crippen LogP contribution in [0.4, 0.5) is 0 Å². The Labute approximate surface area is 70.8 Å². The van der Waals surface area contributed by atoms with Crippen molar-refractivity contribution >= 4 is 5.91 Å². The summed E-state index contributed by atoms with van der Waals surface area (Å²) in [6, 6.07) is 1.95. The highest BCUT2D eigenvalue weighted by molar-refractivity contribution is 5.73. The highest BCUT2D eigenvalue weighted by Gasteiger charge is 2.17.